The molecule has 1 aromatic heterocycles. The second-order valence-electron chi connectivity index (χ2n) is 5.67. The molecule has 1 aromatic rings. The molecule has 2 heterocycles. The van der Waals surface area contributed by atoms with Crippen molar-refractivity contribution >= 4 is 10.0 Å². The van der Waals surface area contributed by atoms with E-state index in [0.717, 1.165) is 18.4 Å². The lowest BCUT2D eigenvalue weighted by Crippen LogP contribution is -2.42. The second-order valence-corrected chi connectivity index (χ2v) is 8.31. The fourth-order valence-electron chi connectivity index (χ4n) is 2.30. The number of hydrogen-bond acceptors (Lipinski definition) is 3. The van der Waals surface area contributed by atoms with Gasteiger partial charge >= 0.3 is 0 Å². The van der Waals surface area contributed by atoms with Gasteiger partial charge in [-0.2, -0.15) is 4.31 Å². The van der Waals surface area contributed by atoms with Gasteiger partial charge in [-0.3, -0.25) is 4.98 Å². The van der Waals surface area contributed by atoms with Gasteiger partial charge in [0.15, 0.2) is 0 Å². The standard InChI is InChI=1S/C13H20N2O2S/c1-13(2,3)18(16,17)15-10-4-5-12(15)11-6-8-14-9-7-11/h6-9,12H,4-5,10H2,1-3H3/t12-/m1/s1. The lowest BCUT2D eigenvalue weighted by molar-refractivity contribution is 0.381. The van der Waals surface area contributed by atoms with Gasteiger partial charge in [0.1, 0.15) is 0 Å². The first-order valence-corrected chi connectivity index (χ1v) is 7.69. The molecule has 4 nitrogen and oxygen atoms in total. The molecule has 1 atom stereocenters. The zero-order valence-electron chi connectivity index (χ0n) is 11.1. The first-order valence-electron chi connectivity index (χ1n) is 6.25. The molecule has 0 N–H and O–H groups in total. The van der Waals surface area contributed by atoms with Crippen LogP contribution in [0.5, 0.6) is 0 Å². The van der Waals surface area contributed by atoms with Gasteiger partial charge < -0.3 is 0 Å². The summed E-state index contributed by atoms with van der Waals surface area (Å²) in [6.45, 7) is 5.88. The van der Waals surface area contributed by atoms with Crippen LogP contribution in [0.2, 0.25) is 0 Å². The van der Waals surface area contributed by atoms with Gasteiger partial charge in [0.25, 0.3) is 0 Å². The summed E-state index contributed by atoms with van der Waals surface area (Å²) in [5.74, 6) is 0. The average Bonchev–Trinajstić information content (AvgIpc) is 2.78. The van der Waals surface area contributed by atoms with Crippen molar-refractivity contribution in [3.05, 3.63) is 30.1 Å². The number of rotatable bonds is 2. The number of hydrogen-bond donors (Lipinski definition) is 0. The van der Waals surface area contributed by atoms with Crippen molar-refractivity contribution in [1.82, 2.24) is 9.29 Å². The Morgan fingerprint density at radius 1 is 1.28 bits per heavy atom. The van der Waals surface area contributed by atoms with Crippen molar-refractivity contribution in [2.45, 2.75) is 44.4 Å². The maximum absolute atomic E-state index is 12.5. The van der Waals surface area contributed by atoms with Crippen molar-refractivity contribution in [2.24, 2.45) is 0 Å². The molecular weight excluding hydrogens is 248 g/mol. The van der Waals surface area contributed by atoms with E-state index >= 15 is 0 Å². The van der Waals surface area contributed by atoms with Crippen molar-refractivity contribution in [1.29, 1.82) is 0 Å². The Kier molecular flexibility index (Phi) is 3.47. The van der Waals surface area contributed by atoms with Crippen molar-refractivity contribution < 1.29 is 8.42 Å². The lowest BCUT2D eigenvalue weighted by atomic mass is 10.1. The summed E-state index contributed by atoms with van der Waals surface area (Å²) >= 11 is 0. The van der Waals surface area contributed by atoms with Gasteiger partial charge in [0, 0.05) is 25.0 Å². The summed E-state index contributed by atoms with van der Waals surface area (Å²) in [4.78, 5) is 3.98. The maximum atomic E-state index is 12.5. The van der Waals surface area contributed by atoms with Crippen LogP contribution in [0.15, 0.2) is 24.5 Å². The third-order valence-corrected chi connectivity index (χ3v) is 5.98. The summed E-state index contributed by atoms with van der Waals surface area (Å²) in [5, 5.41) is 0. The number of nitrogens with zero attached hydrogens (tertiary/aromatic N) is 2. The van der Waals surface area contributed by atoms with Crippen molar-refractivity contribution in [3.63, 3.8) is 0 Å². The largest absolute Gasteiger partial charge is 0.265 e. The fraction of sp³-hybridized carbons (Fsp3) is 0.615. The maximum Gasteiger partial charge on any atom is 0.219 e. The van der Waals surface area contributed by atoms with Crippen LogP contribution < -0.4 is 0 Å². The van der Waals surface area contributed by atoms with Crippen LogP contribution in [0, 0.1) is 0 Å². The van der Waals surface area contributed by atoms with E-state index in [-0.39, 0.29) is 6.04 Å². The third kappa shape index (κ3) is 2.29. The second kappa shape index (κ2) is 4.63. The molecule has 100 valence electrons. The smallest absolute Gasteiger partial charge is 0.219 e. The molecule has 18 heavy (non-hydrogen) atoms. The molecule has 0 amide bonds. The first-order chi connectivity index (χ1) is 8.34. The highest BCUT2D eigenvalue weighted by Gasteiger charge is 2.41. The van der Waals surface area contributed by atoms with Crippen LogP contribution in [0.1, 0.15) is 45.2 Å². The Balaban J connectivity index is 2.35. The minimum Gasteiger partial charge on any atom is -0.265 e. The molecule has 0 aromatic carbocycles. The highest BCUT2D eigenvalue weighted by Crippen LogP contribution is 2.37. The molecule has 0 saturated carbocycles. The van der Waals surface area contributed by atoms with E-state index < -0.39 is 14.8 Å². The fourth-order valence-corrected chi connectivity index (χ4v) is 3.93. The molecular formula is C13H20N2O2S. The molecule has 1 fully saturated rings. The molecule has 0 spiro atoms. The van der Waals surface area contributed by atoms with Crippen molar-refractivity contribution in [3.8, 4) is 0 Å². The number of aromatic nitrogens is 1. The Bertz CT molecular complexity index is 506. The Morgan fingerprint density at radius 3 is 2.44 bits per heavy atom. The SMILES string of the molecule is CC(C)(C)S(=O)(=O)N1CCC[C@@H]1c1ccncc1. The van der Waals surface area contributed by atoms with E-state index in [1.165, 1.54) is 0 Å². The third-order valence-electron chi connectivity index (χ3n) is 3.38. The molecule has 5 heteroatoms. The van der Waals surface area contributed by atoms with Gasteiger partial charge in [-0.15, -0.1) is 0 Å². The van der Waals surface area contributed by atoms with Crippen LogP contribution in [0.3, 0.4) is 0 Å². The molecule has 1 aliphatic heterocycles. The molecule has 0 aliphatic carbocycles. The van der Waals surface area contributed by atoms with E-state index in [2.05, 4.69) is 4.98 Å². The molecule has 0 unspecified atom stereocenters. The Morgan fingerprint density at radius 2 is 1.89 bits per heavy atom. The van der Waals surface area contributed by atoms with Gasteiger partial charge in [-0.05, 0) is 51.3 Å². The monoisotopic (exact) mass is 268 g/mol. The molecule has 1 aliphatic rings. The van der Waals surface area contributed by atoms with E-state index in [0.29, 0.717) is 6.54 Å². The minimum atomic E-state index is -3.26. The highest BCUT2D eigenvalue weighted by atomic mass is 32.2. The first kappa shape index (κ1) is 13.5. The van der Waals surface area contributed by atoms with Gasteiger partial charge in [0.05, 0.1) is 4.75 Å². The Hall–Kier alpha value is -0.940. The highest BCUT2D eigenvalue weighted by molar-refractivity contribution is 7.90. The van der Waals surface area contributed by atoms with Crippen LogP contribution >= 0.6 is 0 Å². The van der Waals surface area contributed by atoms with Gasteiger partial charge in [-0.1, -0.05) is 0 Å². The minimum absolute atomic E-state index is 0.0303. The van der Waals surface area contributed by atoms with E-state index in [1.54, 1.807) is 37.5 Å². The predicted molar refractivity (Wildman–Crippen MR) is 71.6 cm³/mol. The molecule has 0 bridgehead atoms. The molecule has 0 radical (unpaired) electrons. The van der Waals surface area contributed by atoms with E-state index in [1.807, 2.05) is 12.1 Å². The quantitative estimate of drug-likeness (QED) is 0.827. The normalized spacial score (nSPS) is 22.3. The topological polar surface area (TPSA) is 50.3 Å². The van der Waals surface area contributed by atoms with Crippen LogP contribution in [0.4, 0.5) is 0 Å². The van der Waals surface area contributed by atoms with Crippen LogP contribution in [-0.2, 0) is 10.0 Å². The Labute approximate surface area is 109 Å². The van der Waals surface area contributed by atoms with E-state index in [4.69, 9.17) is 0 Å². The summed E-state index contributed by atoms with van der Waals surface area (Å²) in [6, 6.07) is 3.78. The number of sulfonamides is 1. The zero-order valence-corrected chi connectivity index (χ0v) is 11.9. The lowest BCUT2D eigenvalue weighted by Gasteiger charge is -2.31. The number of pyridine rings is 1. The van der Waals surface area contributed by atoms with Crippen LogP contribution in [0.25, 0.3) is 0 Å². The summed E-state index contributed by atoms with van der Waals surface area (Å²) < 4.78 is 26.0. The molecule has 2 rings (SSSR count). The predicted octanol–water partition coefficient (Wildman–Crippen LogP) is 2.35. The van der Waals surface area contributed by atoms with Crippen LogP contribution in [-0.4, -0.2) is 29.0 Å². The van der Waals surface area contributed by atoms with E-state index in [9.17, 15) is 8.42 Å². The van der Waals surface area contributed by atoms with Crippen molar-refractivity contribution in [2.75, 3.05) is 6.54 Å². The average molecular weight is 268 g/mol. The summed E-state index contributed by atoms with van der Waals surface area (Å²) in [6.07, 6.45) is 5.24. The molecule has 1 saturated heterocycles. The summed E-state index contributed by atoms with van der Waals surface area (Å²) in [5.41, 5.74) is 1.04. The van der Waals surface area contributed by atoms with Gasteiger partial charge in [0.2, 0.25) is 10.0 Å². The zero-order chi connectivity index (χ0) is 13.4. The van der Waals surface area contributed by atoms with Gasteiger partial charge in [-0.25, -0.2) is 8.42 Å². The summed E-state index contributed by atoms with van der Waals surface area (Å²) in [7, 11) is -3.26.